The largest absolute Gasteiger partial charge is 0.496 e. The van der Waals surface area contributed by atoms with Crippen LogP contribution in [-0.2, 0) is 12.7 Å². The molecule has 1 aliphatic rings. The Bertz CT molecular complexity index is 1010. The van der Waals surface area contributed by atoms with E-state index in [0.29, 0.717) is 22.8 Å². The molecular weight excluding hydrogens is 397 g/mol. The summed E-state index contributed by atoms with van der Waals surface area (Å²) >= 11 is 0. The van der Waals surface area contributed by atoms with E-state index in [1.807, 2.05) is 12.1 Å². The molecule has 1 saturated heterocycles. The van der Waals surface area contributed by atoms with Gasteiger partial charge in [-0.25, -0.2) is 0 Å². The van der Waals surface area contributed by atoms with Crippen LogP contribution in [0.5, 0.6) is 5.75 Å². The van der Waals surface area contributed by atoms with E-state index >= 15 is 0 Å². The number of ether oxygens (including phenoxy) is 1. The highest BCUT2D eigenvalue weighted by atomic mass is 19.4. The van der Waals surface area contributed by atoms with Crippen LogP contribution in [0.4, 0.5) is 24.5 Å². The maximum atomic E-state index is 13.2. The molecule has 1 aliphatic heterocycles. The molecule has 0 aliphatic carbocycles. The van der Waals surface area contributed by atoms with Crippen molar-refractivity contribution in [3.8, 4) is 17.1 Å². The summed E-state index contributed by atoms with van der Waals surface area (Å²) in [6, 6.07) is 11.0. The van der Waals surface area contributed by atoms with Crippen molar-refractivity contribution in [2.24, 2.45) is 0 Å². The van der Waals surface area contributed by atoms with E-state index in [9.17, 15) is 13.2 Å². The number of nitrogens with zero attached hydrogens (tertiary/aromatic N) is 3. The second kappa shape index (κ2) is 8.25. The third-order valence-corrected chi connectivity index (χ3v) is 5.02. The number of halogens is 3. The molecule has 0 amide bonds. The Morgan fingerprint density at radius 1 is 1.13 bits per heavy atom. The zero-order valence-corrected chi connectivity index (χ0v) is 16.4. The molecule has 0 radical (unpaired) electrons. The van der Waals surface area contributed by atoms with Gasteiger partial charge in [0.1, 0.15) is 5.75 Å². The minimum absolute atomic E-state index is 0.101. The van der Waals surface area contributed by atoms with Crippen LogP contribution in [0.3, 0.4) is 0 Å². The molecule has 3 aromatic rings. The van der Waals surface area contributed by atoms with Crippen molar-refractivity contribution in [2.45, 2.75) is 25.6 Å². The van der Waals surface area contributed by atoms with Crippen molar-refractivity contribution >= 4 is 11.4 Å². The summed E-state index contributed by atoms with van der Waals surface area (Å²) in [5.41, 5.74) is 1.11. The first-order valence-corrected chi connectivity index (χ1v) is 9.62. The second-order valence-electron chi connectivity index (χ2n) is 6.99. The van der Waals surface area contributed by atoms with Crippen LogP contribution in [-0.4, -0.2) is 30.3 Å². The molecule has 0 bridgehead atoms. The van der Waals surface area contributed by atoms with E-state index in [4.69, 9.17) is 9.26 Å². The van der Waals surface area contributed by atoms with Gasteiger partial charge in [0.15, 0.2) is 0 Å². The number of benzene rings is 2. The van der Waals surface area contributed by atoms with Crippen LogP contribution in [0, 0.1) is 0 Å². The van der Waals surface area contributed by atoms with Crippen LogP contribution in [0.1, 0.15) is 24.3 Å². The van der Waals surface area contributed by atoms with E-state index in [1.54, 1.807) is 19.2 Å². The molecule has 0 saturated carbocycles. The number of hydrogen-bond donors (Lipinski definition) is 1. The lowest BCUT2D eigenvalue weighted by Crippen LogP contribution is -2.20. The lowest BCUT2D eigenvalue weighted by atomic mass is 10.1. The number of alkyl halides is 3. The standard InChI is InChI=1S/C21H21F3N4O2/c1-29-18-7-3-2-6-15(18)20-26-19(30-27-20)13-25-16-12-14(21(22,23)24)8-9-17(16)28-10-4-5-11-28/h2-3,6-9,12,25H,4-5,10-11,13H2,1H3. The van der Waals surface area contributed by atoms with E-state index in [0.717, 1.165) is 43.8 Å². The van der Waals surface area contributed by atoms with Crippen molar-refractivity contribution in [3.63, 3.8) is 0 Å². The molecule has 30 heavy (non-hydrogen) atoms. The van der Waals surface area contributed by atoms with Crippen molar-refractivity contribution in [2.75, 3.05) is 30.4 Å². The van der Waals surface area contributed by atoms with Crippen molar-refractivity contribution < 1.29 is 22.4 Å². The fraction of sp³-hybridized carbons (Fsp3) is 0.333. The van der Waals surface area contributed by atoms with E-state index in [-0.39, 0.29) is 12.4 Å². The Hall–Kier alpha value is -3.23. The number of anilines is 2. The van der Waals surface area contributed by atoms with Crippen molar-refractivity contribution in [3.05, 3.63) is 53.9 Å². The Morgan fingerprint density at radius 3 is 2.63 bits per heavy atom. The van der Waals surface area contributed by atoms with Gasteiger partial charge in [0.05, 0.1) is 36.2 Å². The average Bonchev–Trinajstić information content (AvgIpc) is 3.43. The fourth-order valence-corrected chi connectivity index (χ4v) is 3.52. The molecule has 2 aromatic carbocycles. The summed E-state index contributed by atoms with van der Waals surface area (Å²) < 4.78 is 50.2. The Morgan fingerprint density at radius 2 is 1.90 bits per heavy atom. The van der Waals surface area contributed by atoms with E-state index in [2.05, 4.69) is 20.4 Å². The summed E-state index contributed by atoms with van der Waals surface area (Å²) in [4.78, 5) is 6.43. The normalized spacial score (nSPS) is 14.2. The van der Waals surface area contributed by atoms with Gasteiger partial charge in [-0.2, -0.15) is 18.2 Å². The zero-order valence-electron chi connectivity index (χ0n) is 16.4. The third-order valence-electron chi connectivity index (χ3n) is 5.02. The molecule has 0 unspecified atom stereocenters. The highest BCUT2D eigenvalue weighted by molar-refractivity contribution is 5.71. The van der Waals surface area contributed by atoms with Gasteiger partial charge in [-0.3, -0.25) is 0 Å². The average molecular weight is 418 g/mol. The number of hydrogen-bond acceptors (Lipinski definition) is 6. The van der Waals surface area contributed by atoms with Crippen molar-refractivity contribution in [1.82, 2.24) is 10.1 Å². The number of aromatic nitrogens is 2. The first-order valence-electron chi connectivity index (χ1n) is 9.62. The van der Waals surface area contributed by atoms with Crippen LogP contribution in [0.2, 0.25) is 0 Å². The van der Waals surface area contributed by atoms with Crippen LogP contribution in [0.25, 0.3) is 11.4 Å². The van der Waals surface area contributed by atoms with E-state index in [1.165, 1.54) is 6.07 Å². The summed E-state index contributed by atoms with van der Waals surface area (Å²) in [5, 5.41) is 7.01. The number of rotatable bonds is 6. The van der Waals surface area contributed by atoms with Crippen LogP contribution in [0.15, 0.2) is 47.0 Å². The van der Waals surface area contributed by atoms with Gasteiger partial charge in [0, 0.05) is 13.1 Å². The predicted octanol–water partition coefficient (Wildman–Crippen LogP) is 4.98. The second-order valence-corrected chi connectivity index (χ2v) is 6.99. The van der Waals surface area contributed by atoms with Gasteiger partial charge in [-0.1, -0.05) is 17.3 Å². The molecule has 9 heteroatoms. The highest BCUT2D eigenvalue weighted by Crippen LogP contribution is 2.36. The number of methoxy groups -OCH3 is 1. The molecule has 1 fully saturated rings. The monoisotopic (exact) mass is 418 g/mol. The van der Waals surface area contributed by atoms with Gasteiger partial charge in [0.2, 0.25) is 11.7 Å². The molecule has 6 nitrogen and oxygen atoms in total. The summed E-state index contributed by atoms with van der Waals surface area (Å²) in [6.45, 7) is 1.74. The fourth-order valence-electron chi connectivity index (χ4n) is 3.52. The Labute approximate surface area is 171 Å². The third kappa shape index (κ3) is 4.19. The molecule has 1 N–H and O–H groups in total. The molecule has 4 rings (SSSR count). The quantitative estimate of drug-likeness (QED) is 0.609. The van der Waals surface area contributed by atoms with Crippen LogP contribution >= 0.6 is 0 Å². The van der Waals surface area contributed by atoms with Gasteiger partial charge < -0.3 is 19.5 Å². The number of para-hydroxylation sites is 1. The summed E-state index contributed by atoms with van der Waals surface area (Å²) in [7, 11) is 1.55. The minimum Gasteiger partial charge on any atom is -0.496 e. The maximum absolute atomic E-state index is 13.2. The van der Waals surface area contributed by atoms with Crippen molar-refractivity contribution in [1.29, 1.82) is 0 Å². The topological polar surface area (TPSA) is 63.4 Å². The Balaban J connectivity index is 1.56. The summed E-state index contributed by atoms with van der Waals surface area (Å²) in [6.07, 6.45) is -2.37. The first-order chi connectivity index (χ1) is 14.5. The Kier molecular flexibility index (Phi) is 5.52. The van der Waals surface area contributed by atoms with E-state index < -0.39 is 11.7 Å². The highest BCUT2D eigenvalue weighted by Gasteiger charge is 2.31. The SMILES string of the molecule is COc1ccccc1-c1noc(CNc2cc(C(F)(F)F)ccc2N2CCCC2)n1. The maximum Gasteiger partial charge on any atom is 0.416 e. The molecule has 2 heterocycles. The molecular formula is C21H21F3N4O2. The van der Waals surface area contributed by atoms with Gasteiger partial charge in [0.25, 0.3) is 0 Å². The number of nitrogens with one attached hydrogen (secondary N) is 1. The summed E-state index contributed by atoms with van der Waals surface area (Å²) in [5.74, 6) is 1.22. The minimum atomic E-state index is -4.42. The molecule has 0 spiro atoms. The first kappa shape index (κ1) is 20.1. The van der Waals surface area contributed by atoms with Crippen LogP contribution < -0.4 is 15.0 Å². The van der Waals surface area contributed by atoms with Gasteiger partial charge in [-0.05, 0) is 43.2 Å². The lowest BCUT2D eigenvalue weighted by molar-refractivity contribution is -0.137. The van der Waals surface area contributed by atoms with Gasteiger partial charge >= 0.3 is 6.18 Å². The molecule has 1 aromatic heterocycles. The predicted molar refractivity (Wildman–Crippen MR) is 107 cm³/mol. The zero-order chi connectivity index (χ0) is 21.1. The molecule has 0 atom stereocenters. The smallest absolute Gasteiger partial charge is 0.416 e. The molecule has 158 valence electrons. The lowest BCUT2D eigenvalue weighted by Gasteiger charge is -2.23. The van der Waals surface area contributed by atoms with Gasteiger partial charge in [-0.15, -0.1) is 0 Å².